The molecule has 0 aromatic heterocycles. The Morgan fingerprint density at radius 2 is 2.11 bits per heavy atom. The van der Waals surface area contributed by atoms with E-state index >= 15 is 0 Å². The average molecular weight is 274 g/mol. The van der Waals surface area contributed by atoms with Crippen LogP contribution in [0, 0.1) is 5.92 Å². The first-order chi connectivity index (χ1) is 8.34. The van der Waals surface area contributed by atoms with Crippen molar-refractivity contribution in [3.8, 4) is 0 Å². The van der Waals surface area contributed by atoms with Crippen LogP contribution in [0.3, 0.4) is 0 Å². The summed E-state index contributed by atoms with van der Waals surface area (Å²) in [5.74, 6) is -0.767. The maximum absolute atomic E-state index is 12.1. The molecule has 1 aliphatic rings. The van der Waals surface area contributed by atoms with E-state index in [-0.39, 0.29) is 18.4 Å². The maximum atomic E-state index is 12.1. The number of rotatable bonds is 4. The number of aliphatic carboxylic acids is 1. The van der Waals surface area contributed by atoms with Gasteiger partial charge < -0.3 is 14.9 Å². The molecule has 0 aromatic rings. The second-order valence-electron chi connectivity index (χ2n) is 4.46. The lowest BCUT2D eigenvalue weighted by atomic mass is 10.1. The van der Waals surface area contributed by atoms with Crippen LogP contribution < -0.4 is 0 Å². The van der Waals surface area contributed by atoms with Crippen LogP contribution >= 0.6 is 11.8 Å². The van der Waals surface area contributed by atoms with Crippen LogP contribution in [-0.4, -0.2) is 64.0 Å². The molecule has 2 amide bonds. The molecule has 1 heterocycles. The summed E-state index contributed by atoms with van der Waals surface area (Å²) in [6.07, 6.45) is 0. The Labute approximate surface area is 110 Å². The van der Waals surface area contributed by atoms with Crippen molar-refractivity contribution < 1.29 is 19.5 Å². The highest BCUT2D eigenvalue weighted by Crippen LogP contribution is 2.22. The van der Waals surface area contributed by atoms with Gasteiger partial charge in [0.1, 0.15) is 6.04 Å². The SMILES string of the molecule is CC(=O)N1CSC[C@@H]1C(=O)N(C)C[C@H](C)C(=O)O. The summed E-state index contributed by atoms with van der Waals surface area (Å²) in [5, 5.41) is 8.81. The van der Waals surface area contributed by atoms with Crippen molar-refractivity contribution in [2.75, 3.05) is 25.2 Å². The molecule has 1 rings (SSSR count). The van der Waals surface area contributed by atoms with Crippen LogP contribution in [0.2, 0.25) is 0 Å². The van der Waals surface area contributed by atoms with Crippen molar-refractivity contribution in [3.63, 3.8) is 0 Å². The molecule has 0 saturated carbocycles. The number of thioether (sulfide) groups is 1. The van der Waals surface area contributed by atoms with Gasteiger partial charge in [-0.05, 0) is 0 Å². The smallest absolute Gasteiger partial charge is 0.308 e. The molecule has 1 N–H and O–H groups in total. The van der Waals surface area contributed by atoms with Crippen LogP contribution in [-0.2, 0) is 14.4 Å². The fourth-order valence-corrected chi connectivity index (χ4v) is 3.00. The maximum Gasteiger partial charge on any atom is 0.308 e. The van der Waals surface area contributed by atoms with Crippen molar-refractivity contribution >= 4 is 29.5 Å². The lowest BCUT2D eigenvalue weighted by Gasteiger charge is -2.27. The number of amides is 2. The van der Waals surface area contributed by atoms with Crippen molar-refractivity contribution in [2.24, 2.45) is 5.92 Å². The van der Waals surface area contributed by atoms with Gasteiger partial charge in [-0.2, -0.15) is 0 Å². The number of hydrogen-bond donors (Lipinski definition) is 1. The number of likely N-dealkylation sites (N-methyl/N-ethyl adjacent to an activating group) is 1. The summed E-state index contributed by atoms with van der Waals surface area (Å²) in [6.45, 7) is 3.14. The van der Waals surface area contributed by atoms with E-state index in [1.54, 1.807) is 14.0 Å². The first-order valence-corrected chi connectivity index (χ1v) is 6.82. The highest BCUT2D eigenvalue weighted by molar-refractivity contribution is 7.99. The summed E-state index contributed by atoms with van der Waals surface area (Å²) in [5.41, 5.74) is 0. The Morgan fingerprint density at radius 3 is 2.61 bits per heavy atom. The molecule has 0 aliphatic carbocycles. The third-order valence-electron chi connectivity index (χ3n) is 2.92. The van der Waals surface area contributed by atoms with E-state index in [9.17, 15) is 14.4 Å². The Morgan fingerprint density at radius 1 is 1.50 bits per heavy atom. The molecule has 6 nitrogen and oxygen atoms in total. The average Bonchev–Trinajstić information content (AvgIpc) is 2.76. The zero-order valence-corrected chi connectivity index (χ0v) is 11.6. The van der Waals surface area contributed by atoms with E-state index in [4.69, 9.17) is 5.11 Å². The normalized spacial score (nSPS) is 20.6. The van der Waals surface area contributed by atoms with Crippen molar-refractivity contribution in [3.05, 3.63) is 0 Å². The van der Waals surface area contributed by atoms with Crippen molar-refractivity contribution in [1.82, 2.24) is 9.80 Å². The van der Waals surface area contributed by atoms with Crippen molar-refractivity contribution in [2.45, 2.75) is 19.9 Å². The zero-order valence-electron chi connectivity index (χ0n) is 10.8. The molecule has 1 aliphatic heterocycles. The van der Waals surface area contributed by atoms with Gasteiger partial charge >= 0.3 is 5.97 Å². The molecule has 18 heavy (non-hydrogen) atoms. The topological polar surface area (TPSA) is 77.9 Å². The van der Waals surface area contributed by atoms with Crippen LogP contribution in [0.4, 0.5) is 0 Å². The molecular formula is C11H18N2O4S. The van der Waals surface area contributed by atoms with Gasteiger partial charge in [-0.25, -0.2) is 0 Å². The van der Waals surface area contributed by atoms with Gasteiger partial charge in [0, 0.05) is 26.3 Å². The number of carbonyl (C=O) groups is 3. The number of carboxylic acids is 1. The second-order valence-corrected chi connectivity index (χ2v) is 5.46. The second kappa shape index (κ2) is 6.08. The van der Waals surface area contributed by atoms with Crippen LogP contribution in [0.25, 0.3) is 0 Å². The quantitative estimate of drug-likeness (QED) is 0.786. The predicted molar refractivity (Wildman–Crippen MR) is 68.1 cm³/mol. The summed E-state index contributed by atoms with van der Waals surface area (Å²) in [6, 6.07) is -0.460. The van der Waals surface area contributed by atoms with Crippen LogP contribution in [0.1, 0.15) is 13.8 Å². The monoisotopic (exact) mass is 274 g/mol. The van der Waals surface area contributed by atoms with Gasteiger partial charge in [-0.1, -0.05) is 6.92 Å². The minimum absolute atomic E-state index is 0.127. The fourth-order valence-electron chi connectivity index (χ4n) is 1.79. The molecule has 2 atom stereocenters. The molecule has 0 spiro atoms. The number of carbonyl (C=O) groups excluding carboxylic acids is 2. The van der Waals surface area contributed by atoms with E-state index in [0.29, 0.717) is 11.6 Å². The molecule has 0 aromatic carbocycles. The predicted octanol–water partition coefficient (Wildman–Crippen LogP) is 0.0869. The lowest BCUT2D eigenvalue weighted by molar-refractivity contribution is -0.145. The molecule has 0 bridgehead atoms. The van der Waals surface area contributed by atoms with Crippen LogP contribution in [0.5, 0.6) is 0 Å². The first kappa shape index (κ1) is 14.8. The van der Waals surface area contributed by atoms with Gasteiger partial charge in [0.15, 0.2) is 0 Å². The number of carboxylic acid groups (broad SMARTS) is 1. The zero-order chi connectivity index (χ0) is 13.9. The molecule has 1 fully saturated rings. The van der Waals surface area contributed by atoms with Gasteiger partial charge in [0.25, 0.3) is 0 Å². The Bertz CT molecular complexity index is 361. The number of nitrogens with zero attached hydrogens (tertiary/aromatic N) is 2. The third-order valence-corrected chi connectivity index (χ3v) is 3.93. The van der Waals surface area contributed by atoms with E-state index in [1.807, 2.05) is 0 Å². The van der Waals surface area contributed by atoms with E-state index in [1.165, 1.54) is 28.5 Å². The largest absolute Gasteiger partial charge is 0.481 e. The Kier molecular flexibility index (Phi) is 5.01. The van der Waals surface area contributed by atoms with Crippen LogP contribution in [0.15, 0.2) is 0 Å². The summed E-state index contributed by atoms with van der Waals surface area (Å²) in [7, 11) is 1.57. The lowest BCUT2D eigenvalue weighted by Crippen LogP contribution is -2.48. The van der Waals surface area contributed by atoms with E-state index in [0.717, 1.165) is 0 Å². The van der Waals surface area contributed by atoms with Crippen molar-refractivity contribution in [1.29, 1.82) is 0 Å². The summed E-state index contributed by atoms with van der Waals surface area (Å²) >= 11 is 1.53. The minimum atomic E-state index is -0.932. The molecule has 1 saturated heterocycles. The Balaban J connectivity index is 2.63. The summed E-state index contributed by atoms with van der Waals surface area (Å²) in [4.78, 5) is 37.2. The summed E-state index contributed by atoms with van der Waals surface area (Å²) < 4.78 is 0. The molecule has 0 unspecified atom stereocenters. The van der Waals surface area contributed by atoms with E-state index < -0.39 is 17.9 Å². The molecule has 0 radical (unpaired) electrons. The highest BCUT2D eigenvalue weighted by Gasteiger charge is 2.35. The third kappa shape index (κ3) is 3.38. The minimum Gasteiger partial charge on any atom is -0.481 e. The van der Waals surface area contributed by atoms with Gasteiger partial charge in [-0.3, -0.25) is 14.4 Å². The Hall–Kier alpha value is -1.24. The first-order valence-electron chi connectivity index (χ1n) is 5.67. The van der Waals surface area contributed by atoms with Gasteiger partial charge in [-0.15, -0.1) is 11.8 Å². The molecule has 102 valence electrons. The standard InChI is InChI=1S/C11H18N2O4S/c1-7(11(16)17)4-12(3)10(15)9-5-18-6-13(9)8(2)14/h7,9H,4-6H2,1-3H3,(H,16,17)/t7-,9+/m0/s1. The fraction of sp³-hybridized carbons (Fsp3) is 0.727. The number of hydrogen-bond acceptors (Lipinski definition) is 4. The molecule has 7 heteroatoms. The highest BCUT2D eigenvalue weighted by atomic mass is 32.2. The van der Waals surface area contributed by atoms with E-state index in [2.05, 4.69) is 0 Å². The van der Waals surface area contributed by atoms with Gasteiger partial charge in [0.2, 0.25) is 11.8 Å². The molecular weight excluding hydrogens is 256 g/mol. The van der Waals surface area contributed by atoms with Gasteiger partial charge in [0.05, 0.1) is 11.8 Å².